The van der Waals surface area contributed by atoms with Crippen molar-refractivity contribution in [2.24, 2.45) is 4.99 Å². The minimum Gasteiger partial charge on any atom is -0.548 e. The number of aliphatic imine (C=N–C) groups is 1. The van der Waals surface area contributed by atoms with Crippen LogP contribution < -0.4 is 34.7 Å². The molecule has 1 heterocycles. The molecule has 0 aliphatic carbocycles. The van der Waals surface area contributed by atoms with Gasteiger partial charge in [-0.1, -0.05) is 0 Å². The van der Waals surface area contributed by atoms with Crippen LogP contribution >= 0.6 is 0 Å². The first-order chi connectivity index (χ1) is 3.80. The predicted octanol–water partition coefficient (Wildman–Crippen LogP) is -4.03. The van der Waals surface area contributed by atoms with Gasteiger partial charge >= 0.3 is 29.6 Å². The smallest absolute Gasteiger partial charge is 0.548 e. The second-order valence-corrected chi connectivity index (χ2v) is 1.74. The maximum Gasteiger partial charge on any atom is 1.00 e. The Morgan fingerprint density at radius 1 is 1.78 bits per heavy atom. The fourth-order valence-electron chi connectivity index (χ4n) is 0.687. The van der Waals surface area contributed by atoms with Crippen molar-refractivity contribution in [2.45, 2.75) is 18.9 Å². The summed E-state index contributed by atoms with van der Waals surface area (Å²) in [7, 11) is 0. The minimum absolute atomic E-state index is 0. The van der Waals surface area contributed by atoms with Gasteiger partial charge in [0.25, 0.3) is 0 Å². The predicted molar refractivity (Wildman–Crippen MR) is 26.5 cm³/mol. The number of nitrogens with zero attached hydrogens (tertiary/aromatic N) is 1. The molecule has 0 radical (unpaired) electrons. The van der Waals surface area contributed by atoms with E-state index >= 15 is 0 Å². The van der Waals surface area contributed by atoms with Gasteiger partial charge in [-0.15, -0.1) is 0 Å². The topological polar surface area (TPSA) is 52.5 Å². The number of hydrogen-bond acceptors (Lipinski definition) is 3. The molecule has 0 aromatic rings. The molecule has 3 nitrogen and oxygen atoms in total. The zero-order chi connectivity index (χ0) is 5.98. The third-order valence-electron chi connectivity index (χ3n) is 1.13. The normalized spacial score (nSPS) is 23.3. The summed E-state index contributed by atoms with van der Waals surface area (Å²) >= 11 is 0. The van der Waals surface area contributed by atoms with Gasteiger partial charge in [0.05, 0.1) is 12.0 Å². The Bertz CT molecular complexity index is 135. The van der Waals surface area contributed by atoms with Gasteiger partial charge in [0.15, 0.2) is 0 Å². The monoisotopic (exact) mass is 135 g/mol. The van der Waals surface area contributed by atoms with E-state index in [1.807, 2.05) is 0 Å². The second-order valence-electron chi connectivity index (χ2n) is 1.74. The van der Waals surface area contributed by atoms with E-state index < -0.39 is 12.0 Å². The van der Waals surface area contributed by atoms with Crippen molar-refractivity contribution in [3.63, 3.8) is 0 Å². The van der Waals surface area contributed by atoms with Crippen molar-refractivity contribution < 1.29 is 39.5 Å². The summed E-state index contributed by atoms with van der Waals surface area (Å²) in [6.07, 6.45) is 3.02. The molecule has 1 aliphatic heterocycles. The van der Waals surface area contributed by atoms with Gasteiger partial charge in [-0.2, -0.15) is 0 Å². The zero-order valence-electron chi connectivity index (χ0n) is 5.33. The fraction of sp³-hybridized carbons (Fsp3) is 0.600. The number of carboxylic acid groups (broad SMARTS) is 1. The Morgan fingerprint density at radius 2 is 2.44 bits per heavy atom. The molecule has 9 heavy (non-hydrogen) atoms. The Kier molecular flexibility index (Phi) is 4.10. The summed E-state index contributed by atoms with van der Waals surface area (Å²) in [5.41, 5.74) is 0. The molecule has 1 aliphatic rings. The van der Waals surface area contributed by atoms with E-state index in [1.165, 1.54) is 0 Å². The molecular weight excluding hydrogens is 129 g/mol. The van der Waals surface area contributed by atoms with E-state index in [-0.39, 0.29) is 29.6 Å². The molecule has 0 saturated heterocycles. The third kappa shape index (κ3) is 2.47. The van der Waals surface area contributed by atoms with Crippen molar-refractivity contribution in [1.29, 1.82) is 0 Å². The fourth-order valence-corrected chi connectivity index (χ4v) is 0.687. The number of carbonyl (C=O) groups is 1. The van der Waals surface area contributed by atoms with Crippen LogP contribution in [0.3, 0.4) is 0 Å². The largest absolute Gasteiger partial charge is 1.00 e. The SMILES string of the molecule is O=C([O-])C1CCC=N1.[Na+]. The van der Waals surface area contributed by atoms with Gasteiger partial charge < -0.3 is 9.90 Å². The van der Waals surface area contributed by atoms with Crippen LogP contribution in [0.25, 0.3) is 0 Å². The van der Waals surface area contributed by atoms with E-state index in [1.54, 1.807) is 6.21 Å². The number of carboxylic acids is 1. The molecule has 0 N–H and O–H groups in total. The van der Waals surface area contributed by atoms with Crippen LogP contribution in [0.1, 0.15) is 12.8 Å². The number of hydrogen-bond donors (Lipinski definition) is 0. The number of aliphatic carboxylic acids is 1. The van der Waals surface area contributed by atoms with Gasteiger partial charge in [-0.3, -0.25) is 4.99 Å². The average molecular weight is 135 g/mol. The summed E-state index contributed by atoms with van der Waals surface area (Å²) in [6.45, 7) is 0. The number of rotatable bonds is 1. The van der Waals surface area contributed by atoms with Crippen LogP contribution in [0, 0.1) is 0 Å². The first-order valence-electron chi connectivity index (χ1n) is 2.53. The van der Waals surface area contributed by atoms with E-state index in [0.29, 0.717) is 6.42 Å². The molecule has 0 saturated carbocycles. The molecule has 0 fully saturated rings. The van der Waals surface area contributed by atoms with Crippen LogP contribution in [0.5, 0.6) is 0 Å². The van der Waals surface area contributed by atoms with E-state index in [9.17, 15) is 9.90 Å². The van der Waals surface area contributed by atoms with Crippen molar-refractivity contribution >= 4 is 12.2 Å². The standard InChI is InChI=1S/C5H7NO2.Na/c7-5(8)4-2-1-3-6-4;/h3-4H,1-2H2,(H,7,8);/q;+1/p-1. The molecule has 0 spiro atoms. The van der Waals surface area contributed by atoms with Crippen LogP contribution in [-0.2, 0) is 4.79 Å². The summed E-state index contributed by atoms with van der Waals surface area (Å²) in [4.78, 5) is 13.6. The maximum absolute atomic E-state index is 9.98. The molecule has 0 aromatic carbocycles. The van der Waals surface area contributed by atoms with Gasteiger partial charge in [0.1, 0.15) is 0 Å². The molecule has 1 atom stereocenters. The van der Waals surface area contributed by atoms with E-state index in [4.69, 9.17) is 0 Å². The molecule has 0 aromatic heterocycles. The summed E-state index contributed by atoms with van der Waals surface area (Å²) in [6, 6.07) is -0.560. The third-order valence-corrected chi connectivity index (χ3v) is 1.13. The van der Waals surface area contributed by atoms with Crippen LogP contribution in [0.4, 0.5) is 0 Å². The summed E-state index contributed by atoms with van der Waals surface area (Å²) in [5.74, 6) is -1.06. The molecule has 44 valence electrons. The second kappa shape index (κ2) is 4.04. The first-order valence-corrected chi connectivity index (χ1v) is 2.53. The van der Waals surface area contributed by atoms with Crippen molar-refractivity contribution in [2.75, 3.05) is 0 Å². The minimum atomic E-state index is -1.06. The Labute approximate surface area is 75.5 Å². The Morgan fingerprint density at radius 3 is 2.67 bits per heavy atom. The Balaban J connectivity index is 0.000000640. The van der Waals surface area contributed by atoms with Crippen LogP contribution in [0.15, 0.2) is 4.99 Å². The van der Waals surface area contributed by atoms with Crippen molar-refractivity contribution in [1.82, 2.24) is 0 Å². The molecule has 4 heteroatoms. The number of carbonyl (C=O) groups excluding carboxylic acids is 1. The van der Waals surface area contributed by atoms with Gasteiger partial charge in [0, 0.05) is 0 Å². The van der Waals surface area contributed by atoms with Gasteiger partial charge in [0.2, 0.25) is 0 Å². The zero-order valence-corrected chi connectivity index (χ0v) is 7.33. The van der Waals surface area contributed by atoms with Crippen LogP contribution in [-0.4, -0.2) is 18.2 Å². The quantitative estimate of drug-likeness (QED) is 0.344. The van der Waals surface area contributed by atoms with E-state index in [2.05, 4.69) is 4.99 Å². The van der Waals surface area contributed by atoms with Crippen LogP contribution in [0.2, 0.25) is 0 Å². The summed E-state index contributed by atoms with van der Waals surface area (Å²) in [5, 5.41) is 9.98. The molecular formula is C5H6NNaO2. The average Bonchev–Trinajstić information content (AvgIpc) is 2.12. The summed E-state index contributed by atoms with van der Waals surface area (Å²) < 4.78 is 0. The van der Waals surface area contributed by atoms with Crippen molar-refractivity contribution in [3.8, 4) is 0 Å². The van der Waals surface area contributed by atoms with E-state index in [0.717, 1.165) is 6.42 Å². The maximum atomic E-state index is 9.98. The molecule has 0 amide bonds. The Hall–Kier alpha value is 0.140. The first kappa shape index (κ1) is 9.14. The molecule has 1 unspecified atom stereocenters. The van der Waals surface area contributed by atoms with Gasteiger partial charge in [-0.05, 0) is 19.1 Å². The van der Waals surface area contributed by atoms with Gasteiger partial charge in [-0.25, -0.2) is 0 Å². The molecule has 1 rings (SSSR count). The molecule has 0 bridgehead atoms. The van der Waals surface area contributed by atoms with Crippen molar-refractivity contribution in [3.05, 3.63) is 0 Å².